The second-order valence-corrected chi connectivity index (χ2v) is 7.30. The van der Waals surface area contributed by atoms with Crippen LogP contribution in [0.1, 0.15) is 48.0 Å². The Morgan fingerprint density at radius 1 is 1.07 bits per heavy atom. The van der Waals surface area contributed by atoms with Crippen molar-refractivity contribution in [2.24, 2.45) is 5.92 Å². The number of alkyl halides is 1. The highest BCUT2D eigenvalue weighted by atomic mass is 19.1. The summed E-state index contributed by atoms with van der Waals surface area (Å²) in [5, 5.41) is 5.28. The maximum atomic E-state index is 14.3. The van der Waals surface area contributed by atoms with E-state index in [9.17, 15) is 14.0 Å². The van der Waals surface area contributed by atoms with Crippen LogP contribution in [-0.4, -0.2) is 69.2 Å². The van der Waals surface area contributed by atoms with Gasteiger partial charge in [-0.25, -0.2) is 4.39 Å². The number of halogens is 1. The van der Waals surface area contributed by atoms with E-state index in [4.69, 9.17) is 14.2 Å². The Kier molecular flexibility index (Phi) is 13.2. The van der Waals surface area contributed by atoms with Crippen molar-refractivity contribution in [1.82, 2.24) is 10.6 Å². The summed E-state index contributed by atoms with van der Waals surface area (Å²) in [4.78, 5) is 23.1. The number of hydrogen-bond acceptors (Lipinski definition) is 5. The molecule has 0 spiro atoms. The van der Waals surface area contributed by atoms with Crippen LogP contribution in [0, 0.1) is 5.92 Å². The third kappa shape index (κ3) is 12.7. The maximum Gasteiger partial charge on any atom is 0.246 e. The average Bonchev–Trinajstić information content (AvgIpc) is 2.62. The van der Waals surface area contributed by atoms with Crippen LogP contribution < -0.4 is 10.6 Å². The molecular weight excluding hydrogens is 355 g/mol. The number of amides is 2. The summed E-state index contributed by atoms with van der Waals surface area (Å²) in [6, 6.07) is 0. The zero-order chi connectivity index (χ0) is 20.9. The van der Waals surface area contributed by atoms with E-state index < -0.39 is 11.8 Å². The van der Waals surface area contributed by atoms with Gasteiger partial charge >= 0.3 is 0 Å². The first-order valence-corrected chi connectivity index (χ1v) is 9.61. The minimum absolute atomic E-state index is 0.00944. The lowest BCUT2D eigenvalue weighted by atomic mass is 10.0. The van der Waals surface area contributed by atoms with Gasteiger partial charge in [0, 0.05) is 12.5 Å². The minimum Gasteiger partial charge on any atom is -0.377 e. The largest absolute Gasteiger partial charge is 0.377 e. The van der Waals surface area contributed by atoms with Crippen LogP contribution in [0.2, 0.25) is 0 Å². The zero-order valence-electron chi connectivity index (χ0n) is 17.6. The molecule has 27 heavy (non-hydrogen) atoms. The van der Waals surface area contributed by atoms with Crippen LogP contribution >= 0.6 is 0 Å². The number of hydrogen-bond donors (Lipinski definition) is 2. The van der Waals surface area contributed by atoms with E-state index in [0.29, 0.717) is 19.6 Å². The van der Waals surface area contributed by atoms with Crippen molar-refractivity contribution in [3.8, 4) is 0 Å². The molecule has 2 unspecified atom stereocenters. The third-order valence-corrected chi connectivity index (χ3v) is 4.09. The minimum atomic E-state index is -1.33. The van der Waals surface area contributed by atoms with Crippen molar-refractivity contribution in [2.75, 3.05) is 39.5 Å². The Morgan fingerprint density at radius 2 is 1.74 bits per heavy atom. The third-order valence-electron chi connectivity index (χ3n) is 4.09. The molecule has 0 aliphatic heterocycles. The standard InChI is InChI=1S/C19H37FN2O5/c1-7-15(4)18(24)22-12-16(20)19(5,6)27-11-10-25-9-8-21-17(23)13-26-14(2)3/h14-16H,7-13H2,1-6H3,(H,21,23)(H,22,24). The molecule has 0 saturated heterocycles. The van der Waals surface area contributed by atoms with Crippen molar-refractivity contribution in [1.29, 1.82) is 0 Å². The second-order valence-electron chi connectivity index (χ2n) is 7.30. The van der Waals surface area contributed by atoms with Crippen molar-refractivity contribution < 1.29 is 28.2 Å². The normalized spacial score (nSPS) is 14.1. The molecule has 8 heteroatoms. The number of carbonyl (C=O) groups excluding carboxylic acids is 2. The predicted octanol–water partition coefficient (Wildman–Crippen LogP) is 1.84. The molecule has 0 aromatic rings. The molecule has 0 aromatic carbocycles. The van der Waals surface area contributed by atoms with Crippen LogP contribution in [0.4, 0.5) is 4.39 Å². The first-order valence-electron chi connectivity index (χ1n) is 9.61. The Balaban J connectivity index is 3.82. The Morgan fingerprint density at radius 3 is 2.33 bits per heavy atom. The fourth-order valence-corrected chi connectivity index (χ4v) is 1.91. The number of carbonyl (C=O) groups is 2. The van der Waals surface area contributed by atoms with Gasteiger partial charge in [-0.15, -0.1) is 0 Å². The molecule has 0 aliphatic carbocycles. The molecule has 0 rings (SSSR count). The summed E-state index contributed by atoms with van der Waals surface area (Å²) in [7, 11) is 0. The number of rotatable bonds is 15. The molecule has 2 atom stereocenters. The molecule has 0 bridgehead atoms. The monoisotopic (exact) mass is 392 g/mol. The zero-order valence-corrected chi connectivity index (χ0v) is 17.6. The molecule has 0 aliphatic rings. The van der Waals surface area contributed by atoms with Gasteiger partial charge in [-0.2, -0.15) is 0 Å². The van der Waals surface area contributed by atoms with E-state index >= 15 is 0 Å². The summed E-state index contributed by atoms with van der Waals surface area (Å²) >= 11 is 0. The van der Waals surface area contributed by atoms with E-state index in [-0.39, 0.29) is 50.2 Å². The SMILES string of the molecule is CCC(C)C(=O)NCC(F)C(C)(C)OCCOCCNC(=O)COC(C)C. The second kappa shape index (κ2) is 13.8. The topological polar surface area (TPSA) is 85.9 Å². The predicted molar refractivity (Wildman–Crippen MR) is 102 cm³/mol. The van der Waals surface area contributed by atoms with Gasteiger partial charge in [-0.05, 0) is 34.1 Å². The van der Waals surface area contributed by atoms with Crippen LogP contribution in [-0.2, 0) is 23.8 Å². The maximum absolute atomic E-state index is 14.3. The van der Waals surface area contributed by atoms with E-state index in [1.807, 2.05) is 20.8 Å². The molecule has 0 radical (unpaired) electrons. The van der Waals surface area contributed by atoms with Crippen molar-refractivity contribution in [3.05, 3.63) is 0 Å². The number of ether oxygens (including phenoxy) is 3. The smallest absolute Gasteiger partial charge is 0.246 e. The van der Waals surface area contributed by atoms with Gasteiger partial charge in [0.25, 0.3) is 0 Å². The fourth-order valence-electron chi connectivity index (χ4n) is 1.91. The van der Waals surface area contributed by atoms with Gasteiger partial charge in [0.1, 0.15) is 12.8 Å². The molecular formula is C19H37FN2O5. The first kappa shape index (κ1) is 25.8. The van der Waals surface area contributed by atoms with Crippen molar-refractivity contribution in [2.45, 2.75) is 65.8 Å². The van der Waals surface area contributed by atoms with Crippen LogP contribution in [0.3, 0.4) is 0 Å². The summed E-state index contributed by atoms with van der Waals surface area (Å²) in [6.45, 7) is 11.9. The van der Waals surface area contributed by atoms with Crippen molar-refractivity contribution in [3.63, 3.8) is 0 Å². The summed E-state index contributed by atoms with van der Waals surface area (Å²) in [5.74, 6) is -0.475. The molecule has 0 aromatic heterocycles. The highest BCUT2D eigenvalue weighted by Crippen LogP contribution is 2.17. The molecule has 0 heterocycles. The quantitative estimate of drug-likeness (QED) is 0.415. The van der Waals surface area contributed by atoms with E-state index in [1.54, 1.807) is 20.8 Å². The van der Waals surface area contributed by atoms with Crippen LogP contribution in [0.5, 0.6) is 0 Å². The molecule has 7 nitrogen and oxygen atoms in total. The Hall–Kier alpha value is -1.25. The molecule has 2 amide bonds. The van der Waals surface area contributed by atoms with Gasteiger partial charge in [-0.1, -0.05) is 13.8 Å². The van der Waals surface area contributed by atoms with Crippen LogP contribution in [0.15, 0.2) is 0 Å². The number of nitrogens with one attached hydrogen (secondary N) is 2. The molecule has 0 fully saturated rings. The lowest BCUT2D eigenvalue weighted by Gasteiger charge is -2.29. The van der Waals surface area contributed by atoms with Gasteiger partial charge in [0.05, 0.1) is 38.1 Å². The lowest BCUT2D eigenvalue weighted by molar-refractivity contribution is -0.127. The molecule has 2 N–H and O–H groups in total. The van der Waals surface area contributed by atoms with E-state index in [1.165, 1.54) is 0 Å². The molecule has 0 saturated carbocycles. The van der Waals surface area contributed by atoms with Crippen LogP contribution in [0.25, 0.3) is 0 Å². The van der Waals surface area contributed by atoms with Crippen molar-refractivity contribution >= 4 is 11.8 Å². The fraction of sp³-hybridized carbons (Fsp3) is 0.895. The summed E-state index contributed by atoms with van der Waals surface area (Å²) in [6.07, 6.45) is -0.605. The van der Waals surface area contributed by atoms with Gasteiger partial charge in [-0.3, -0.25) is 9.59 Å². The average molecular weight is 393 g/mol. The first-order chi connectivity index (χ1) is 12.6. The van der Waals surface area contributed by atoms with Gasteiger partial charge in [0.2, 0.25) is 11.8 Å². The van der Waals surface area contributed by atoms with Gasteiger partial charge < -0.3 is 24.8 Å². The Bertz CT molecular complexity index is 432. The Labute approximate surface area is 162 Å². The molecule has 160 valence electrons. The highest BCUT2D eigenvalue weighted by Gasteiger charge is 2.31. The summed E-state index contributed by atoms with van der Waals surface area (Å²) < 4.78 is 30.4. The van der Waals surface area contributed by atoms with Gasteiger partial charge in [0.15, 0.2) is 0 Å². The van der Waals surface area contributed by atoms with E-state index in [0.717, 1.165) is 0 Å². The highest BCUT2D eigenvalue weighted by molar-refractivity contribution is 5.78. The summed E-state index contributed by atoms with van der Waals surface area (Å²) in [5.41, 5.74) is -1.03. The van der Waals surface area contributed by atoms with E-state index in [2.05, 4.69) is 10.6 Å². The lowest BCUT2D eigenvalue weighted by Crippen LogP contribution is -2.45.